The summed E-state index contributed by atoms with van der Waals surface area (Å²) in [4.78, 5) is 11.9. The number of benzene rings is 1. The van der Waals surface area contributed by atoms with E-state index in [0.29, 0.717) is 13.0 Å². The van der Waals surface area contributed by atoms with Gasteiger partial charge in [0.15, 0.2) is 0 Å². The van der Waals surface area contributed by atoms with Gasteiger partial charge < -0.3 is 14.8 Å². The normalized spacial score (nSPS) is 12.0. The van der Waals surface area contributed by atoms with E-state index in [-0.39, 0.29) is 11.9 Å². The smallest absolute Gasteiger partial charge is 0.224 e. The number of rotatable bonds is 6. The van der Waals surface area contributed by atoms with Crippen molar-refractivity contribution in [3.05, 3.63) is 29.3 Å². The average molecular weight is 251 g/mol. The molecule has 1 unspecified atom stereocenters. The van der Waals surface area contributed by atoms with Crippen molar-refractivity contribution in [3.63, 3.8) is 0 Å². The Balaban J connectivity index is 2.66. The molecule has 0 heterocycles. The molecule has 0 bridgehead atoms. The summed E-state index contributed by atoms with van der Waals surface area (Å²) in [6.45, 7) is 4.42. The Kier molecular flexibility index (Phi) is 5.65. The van der Waals surface area contributed by atoms with Gasteiger partial charge in [0, 0.05) is 18.7 Å². The van der Waals surface area contributed by atoms with Gasteiger partial charge in [-0.15, -0.1) is 0 Å². The fourth-order valence-electron chi connectivity index (χ4n) is 1.84. The van der Waals surface area contributed by atoms with Crippen LogP contribution in [0.2, 0.25) is 0 Å². The van der Waals surface area contributed by atoms with Crippen LogP contribution in [0.25, 0.3) is 0 Å². The van der Waals surface area contributed by atoms with Crippen molar-refractivity contribution in [3.8, 4) is 5.75 Å². The molecule has 0 spiro atoms. The molecular weight excluding hydrogens is 230 g/mol. The highest BCUT2D eigenvalue weighted by Gasteiger charge is 2.11. The second-order valence-electron chi connectivity index (χ2n) is 4.42. The van der Waals surface area contributed by atoms with Crippen LogP contribution in [-0.2, 0) is 16.0 Å². The average Bonchev–Trinajstić information content (AvgIpc) is 2.29. The first-order chi connectivity index (χ1) is 8.56. The number of hydrogen-bond acceptors (Lipinski definition) is 3. The Hall–Kier alpha value is -1.55. The van der Waals surface area contributed by atoms with E-state index in [2.05, 4.69) is 5.32 Å². The Morgan fingerprint density at radius 3 is 2.72 bits per heavy atom. The summed E-state index contributed by atoms with van der Waals surface area (Å²) in [5, 5.41) is 2.88. The standard InChI is InChI=1S/C14H21NO3/c1-10-5-6-13(18-4)12(7-10)8-14(16)15-11(2)9-17-3/h5-7,11H,8-9H2,1-4H3,(H,15,16). The molecule has 1 rings (SSSR count). The Bertz CT molecular complexity index is 404. The van der Waals surface area contributed by atoms with Crippen molar-refractivity contribution in [1.82, 2.24) is 5.32 Å². The molecule has 1 aromatic rings. The van der Waals surface area contributed by atoms with Gasteiger partial charge in [-0.3, -0.25) is 4.79 Å². The summed E-state index contributed by atoms with van der Waals surface area (Å²) in [7, 11) is 3.23. The topological polar surface area (TPSA) is 47.6 Å². The molecule has 0 aliphatic heterocycles. The third-order valence-electron chi connectivity index (χ3n) is 2.61. The van der Waals surface area contributed by atoms with Crippen LogP contribution in [0.5, 0.6) is 5.75 Å². The number of aryl methyl sites for hydroxylation is 1. The molecule has 0 aromatic heterocycles. The van der Waals surface area contributed by atoms with Gasteiger partial charge >= 0.3 is 0 Å². The Labute approximate surface area is 108 Å². The summed E-state index contributed by atoms with van der Waals surface area (Å²) in [6.07, 6.45) is 0.318. The maximum absolute atomic E-state index is 11.9. The van der Waals surface area contributed by atoms with Crippen molar-refractivity contribution in [2.45, 2.75) is 26.3 Å². The van der Waals surface area contributed by atoms with Crippen molar-refractivity contribution in [2.24, 2.45) is 0 Å². The molecule has 1 amide bonds. The fourth-order valence-corrected chi connectivity index (χ4v) is 1.84. The number of carbonyl (C=O) groups excluding carboxylic acids is 1. The highest BCUT2D eigenvalue weighted by atomic mass is 16.5. The van der Waals surface area contributed by atoms with Gasteiger partial charge in [0.25, 0.3) is 0 Å². The first kappa shape index (κ1) is 14.5. The SMILES string of the molecule is COCC(C)NC(=O)Cc1cc(C)ccc1OC. The zero-order chi connectivity index (χ0) is 13.5. The molecule has 0 radical (unpaired) electrons. The van der Waals surface area contributed by atoms with Gasteiger partial charge in [0.05, 0.1) is 20.1 Å². The van der Waals surface area contributed by atoms with E-state index in [1.807, 2.05) is 32.0 Å². The molecule has 18 heavy (non-hydrogen) atoms. The molecule has 0 aliphatic carbocycles. The number of carbonyl (C=O) groups is 1. The van der Waals surface area contributed by atoms with Crippen LogP contribution >= 0.6 is 0 Å². The monoisotopic (exact) mass is 251 g/mol. The van der Waals surface area contributed by atoms with E-state index in [0.717, 1.165) is 16.9 Å². The summed E-state index contributed by atoms with van der Waals surface area (Å²) < 4.78 is 10.2. The highest BCUT2D eigenvalue weighted by Crippen LogP contribution is 2.20. The lowest BCUT2D eigenvalue weighted by atomic mass is 10.1. The minimum Gasteiger partial charge on any atom is -0.496 e. The van der Waals surface area contributed by atoms with Crippen LogP contribution in [0.15, 0.2) is 18.2 Å². The lowest BCUT2D eigenvalue weighted by molar-refractivity contribution is -0.121. The Morgan fingerprint density at radius 1 is 1.39 bits per heavy atom. The predicted octanol–water partition coefficient (Wildman–Crippen LogP) is 1.70. The highest BCUT2D eigenvalue weighted by molar-refractivity contribution is 5.79. The van der Waals surface area contributed by atoms with Gasteiger partial charge in [-0.25, -0.2) is 0 Å². The van der Waals surface area contributed by atoms with Gasteiger partial charge in [0.2, 0.25) is 5.91 Å². The number of methoxy groups -OCH3 is 2. The van der Waals surface area contributed by atoms with Crippen LogP contribution in [0, 0.1) is 6.92 Å². The van der Waals surface area contributed by atoms with Crippen LogP contribution in [0.1, 0.15) is 18.1 Å². The van der Waals surface area contributed by atoms with E-state index in [9.17, 15) is 4.79 Å². The maximum Gasteiger partial charge on any atom is 0.224 e. The summed E-state index contributed by atoms with van der Waals surface area (Å²) >= 11 is 0. The zero-order valence-electron chi connectivity index (χ0n) is 11.4. The molecule has 1 aromatic carbocycles. The van der Waals surface area contributed by atoms with E-state index < -0.39 is 0 Å². The number of ether oxygens (including phenoxy) is 2. The van der Waals surface area contributed by atoms with Crippen molar-refractivity contribution in [2.75, 3.05) is 20.8 Å². The van der Waals surface area contributed by atoms with Crippen molar-refractivity contribution >= 4 is 5.91 Å². The molecule has 0 fully saturated rings. The maximum atomic E-state index is 11.9. The minimum atomic E-state index is -0.0246. The lowest BCUT2D eigenvalue weighted by Crippen LogP contribution is -2.36. The fraction of sp³-hybridized carbons (Fsp3) is 0.500. The van der Waals surface area contributed by atoms with E-state index in [1.54, 1.807) is 14.2 Å². The summed E-state index contributed by atoms with van der Waals surface area (Å²) in [5.41, 5.74) is 2.02. The quantitative estimate of drug-likeness (QED) is 0.837. The van der Waals surface area contributed by atoms with E-state index >= 15 is 0 Å². The number of hydrogen-bond donors (Lipinski definition) is 1. The molecule has 1 N–H and O–H groups in total. The van der Waals surface area contributed by atoms with Crippen LogP contribution in [-0.4, -0.2) is 32.8 Å². The Morgan fingerprint density at radius 2 is 2.11 bits per heavy atom. The van der Waals surface area contributed by atoms with Gasteiger partial charge in [-0.05, 0) is 19.9 Å². The number of amides is 1. The second-order valence-corrected chi connectivity index (χ2v) is 4.42. The molecule has 0 aliphatic rings. The zero-order valence-corrected chi connectivity index (χ0v) is 11.4. The largest absolute Gasteiger partial charge is 0.496 e. The molecule has 0 saturated carbocycles. The van der Waals surface area contributed by atoms with Crippen molar-refractivity contribution < 1.29 is 14.3 Å². The third-order valence-corrected chi connectivity index (χ3v) is 2.61. The second kappa shape index (κ2) is 7.01. The van der Waals surface area contributed by atoms with Gasteiger partial charge in [-0.1, -0.05) is 17.7 Å². The van der Waals surface area contributed by atoms with Crippen LogP contribution < -0.4 is 10.1 Å². The summed E-state index contributed by atoms with van der Waals surface area (Å²) in [5.74, 6) is 0.721. The van der Waals surface area contributed by atoms with Crippen molar-refractivity contribution in [1.29, 1.82) is 0 Å². The molecule has 100 valence electrons. The van der Waals surface area contributed by atoms with Gasteiger partial charge in [-0.2, -0.15) is 0 Å². The summed E-state index contributed by atoms with van der Waals surface area (Å²) in [6, 6.07) is 5.84. The molecule has 1 atom stereocenters. The molecular formula is C14H21NO3. The van der Waals surface area contributed by atoms with Gasteiger partial charge in [0.1, 0.15) is 5.75 Å². The van der Waals surface area contributed by atoms with Crippen LogP contribution in [0.4, 0.5) is 0 Å². The first-order valence-electron chi connectivity index (χ1n) is 5.98. The van der Waals surface area contributed by atoms with E-state index in [1.165, 1.54) is 0 Å². The number of nitrogens with one attached hydrogen (secondary N) is 1. The molecule has 4 nitrogen and oxygen atoms in total. The first-order valence-corrected chi connectivity index (χ1v) is 5.98. The van der Waals surface area contributed by atoms with E-state index in [4.69, 9.17) is 9.47 Å². The minimum absolute atomic E-state index is 0.0123. The lowest BCUT2D eigenvalue weighted by Gasteiger charge is -2.14. The van der Waals surface area contributed by atoms with Crippen LogP contribution in [0.3, 0.4) is 0 Å². The third kappa shape index (κ3) is 4.37. The molecule has 0 saturated heterocycles. The predicted molar refractivity (Wildman–Crippen MR) is 70.9 cm³/mol. The molecule has 4 heteroatoms.